The molecule has 24 valence electrons. The molecule has 0 fully saturated rings. The predicted molar refractivity (Wildman–Crippen MR) is 10.7 cm³/mol. The van der Waals surface area contributed by atoms with Crippen LogP contribution in [0.5, 0.6) is 0 Å². The van der Waals surface area contributed by atoms with Crippen LogP contribution in [-0.2, 0) is 0 Å². The van der Waals surface area contributed by atoms with Gasteiger partial charge in [0.1, 0.15) is 0 Å². The third kappa shape index (κ3) is 0.174. The molecule has 0 radical (unpaired) electrons. The fourth-order valence-corrected chi connectivity index (χ4v) is 0. The molecule has 0 spiro atoms. The van der Waals surface area contributed by atoms with Gasteiger partial charge < -0.3 is 10.2 Å². The van der Waals surface area contributed by atoms with E-state index in [-0.39, 0.29) is 0 Å². The van der Waals surface area contributed by atoms with Gasteiger partial charge in [-0.05, 0) is 0 Å². The van der Waals surface area contributed by atoms with Crippen molar-refractivity contribution in [3.8, 4) is 0 Å². The van der Waals surface area contributed by atoms with Crippen LogP contribution in [0.25, 0.3) is 0 Å². The Bertz CT molecular complexity index is 26.3. The summed E-state index contributed by atoms with van der Waals surface area (Å²) >= 11 is 0. The second-order valence-electron chi connectivity index (χ2n) is 0.283. The summed E-state index contributed by atoms with van der Waals surface area (Å²) in [5.41, 5.74) is 0. The molecule has 0 bridgehead atoms. The van der Waals surface area contributed by atoms with E-state index in [0.717, 1.165) is 0 Å². The zero-order valence-electron chi connectivity index (χ0n) is 1.80. The topological polar surface area (TPSA) is 57.5 Å². The van der Waals surface area contributed by atoms with Crippen molar-refractivity contribution < 1.29 is 15.0 Å². The molecule has 0 atom stereocenters. The molecule has 4 heavy (non-hydrogen) atoms. The number of carboxylic acid groups (broad SMARTS) is 2. The molecule has 0 heterocycles. The van der Waals surface area contributed by atoms with Gasteiger partial charge in [0, 0.05) is 0 Å². The summed E-state index contributed by atoms with van der Waals surface area (Å²) in [5, 5.41) is 13.9. The molecule has 0 aliphatic rings. The molecule has 0 saturated heterocycles. The van der Waals surface area contributed by atoms with E-state index in [1.54, 1.807) is 0 Å². The standard InChI is InChI=1S/CH2O3/c2-1(3)4/h(H2,2,3,4)/i1-1. The fourth-order valence-electron chi connectivity index (χ4n) is 0. The maximum Gasteiger partial charge on any atom is 0.503 e. The maximum absolute atomic E-state index is 8.56. The number of carbonyl (C=O) groups is 1. The van der Waals surface area contributed by atoms with Crippen LogP contribution in [0.1, 0.15) is 0 Å². The van der Waals surface area contributed by atoms with Crippen LogP contribution >= 0.6 is 0 Å². The lowest BCUT2D eigenvalue weighted by Gasteiger charge is -1.60. The van der Waals surface area contributed by atoms with Crippen molar-refractivity contribution in [3.63, 3.8) is 0 Å². The molecule has 0 unspecified atom stereocenters. The summed E-state index contributed by atoms with van der Waals surface area (Å²) in [6.07, 6.45) is -1.83. The van der Waals surface area contributed by atoms with Gasteiger partial charge in [0.15, 0.2) is 0 Å². The van der Waals surface area contributed by atoms with E-state index < -0.39 is 6.16 Å². The largest absolute Gasteiger partial charge is 0.503 e. The Labute approximate surface area is 22.5 Å². The molecule has 0 aliphatic heterocycles. The van der Waals surface area contributed by atoms with Crippen LogP contribution in [0.3, 0.4) is 0 Å². The van der Waals surface area contributed by atoms with Crippen LogP contribution < -0.4 is 0 Å². The van der Waals surface area contributed by atoms with Crippen LogP contribution in [0, 0.1) is 0 Å². The molecule has 0 aromatic rings. The SMILES string of the molecule is O=[11C](O)O. The van der Waals surface area contributed by atoms with Crippen LogP contribution in [0.15, 0.2) is 0 Å². The van der Waals surface area contributed by atoms with Crippen molar-refractivity contribution in [2.24, 2.45) is 0 Å². The Morgan fingerprint density at radius 3 is 1.50 bits per heavy atom. The van der Waals surface area contributed by atoms with Crippen molar-refractivity contribution >= 4 is 6.16 Å². The smallest absolute Gasteiger partial charge is 0.450 e. The first kappa shape index (κ1) is 3.27. The molecular weight excluding hydrogens is 59.0 g/mol. The average Bonchev–Trinajstić information content (AvgIpc) is 0.811. The Morgan fingerprint density at radius 1 is 1.50 bits per heavy atom. The molecular formula is CH2O3. The van der Waals surface area contributed by atoms with E-state index in [1.807, 2.05) is 0 Å². The van der Waals surface area contributed by atoms with Gasteiger partial charge in [-0.15, -0.1) is 0 Å². The molecule has 2 N–H and O–H groups in total. The van der Waals surface area contributed by atoms with Crippen molar-refractivity contribution in [2.75, 3.05) is 0 Å². The molecule has 3 heteroatoms. The van der Waals surface area contributed by atoms with Crippen LogP contribution in [-0.4, -0.2) is 16.4 Å². The van der Waals surface area contributed by atoms with Crippen LogP contribution in [0.2, 0.25) is 0 Å². The quantitative estimate of drug-likeness (QED) is 0.421. The van der Waals surface area contributed by atoms with Crippen molar-refractivity contribution in [3.05, 3.63) is 0 Å². The monoisotopic (exact) mass is 61.0 g/mol. The van der Waals surface area contributed by atoms with E-state index in [0.29, 0.717) is 0 Å². The second kappa shape index (κ2) is 0.711. The van der Waals surface area contributed by atoms with E-state index in [1.165, 1.54) is 0 Å². The van der Waals surface area contributed by atoms with Crippen molar-refractivity contribution in [2.45, 2.75) is 0 Å². The van der Waals surface area contributed by atoms with Crippen molar-refractivity contribution in [1.82, 2.24) is 0 Å². The van der Waals surface area contributed by atoms with Gasteiger partial charge in [0.25, 0.3) is 0 Å². The Morgan fingerprint density at radius 2 is 1.50 bits per heavy atom. The summed E-state index contributed by atoms with van der Waals surface area (Å²) in [6, 6.07) is 0. The average molecular weight is 61.0 g/mol. The van der Waals surface area contributed by atoms with Gasteiger partial charge in [-0.2, -0.15) is 0 Å². The van der Waals surface area contributed by atoms with Gasteiger partial charge in [-0.1, -0.05) is 0 Å². The molecule has 0 aromatic carbocycles. The van der Waals surface area contributed by atoms with E-state index in [4.69, 9.17) is 15.0 Å². The van der Waals surface area contributed by atoms with Crippen molar-refractivity contribution in [1.29, 1.82) is 0 Å². The molecule has 0 aromatic heterocycles. The minimum absolute atomic E-state index is 1.83. The lowest BCUT2D eigenvalue weighted by atomic mass is 10.6. The predicted octanol–water partition coefficient (Wildman–Crippen LogP) is 0.222. The van der Waals surface area contributed by atoms with E-state index in [2.05, 4.69) is 0 Å². The van der Waals surface area contributed by atoms with Gasteiger partial charge in [0.05, 0.1) is 0 Å². The summed E-state index contributed by atoms with van der Waals surface area (Å²) in [6.45, 7) is 0. The highest BCUT2D eigenvalue weighted by atomic mass is 16.5. The molecule has 0 saturated carbocycles. The first-order chi connectivity index (χ1) is 1.73. The maximum atomic E-state index is 8.56. The van der Waals surface area contributed by atoms with Gasteiger partial charge in [-0.3, -0.25) is 0 Å². The van der Waals surface area contributed by atoms with E-state index in [9.17, 15) is 0 Å². The first-order valence-electron chi connectivity index (χ1n) is 0.651. The highest BCUT2D eigenvalue weighted by Crippen LogP contribution is 1.42. The normalized spacial score (nSPS) is 6.00. The first-order valence-corrected chi connectivity index (χ1v) is 0.651. The molecule has 0 amide bonds. The third-order valence-corrected chi connectivity index (χ3v) is 0. The van der Waals surface area contributed by atoms with Gasteiger partial charge in [0.2, 0.25) is 0 Å². The minimum Gasteiger partial charge on any atom is -0.450 e. The second-order valence-corrected chi connectivity index (χ2v) is 0.283. The highest BCUT2D eigenvalue weighted by molar-refractivity contribution is 5.53. The Balaban J connectivity index is 2.80. The molecule has 3 nitrogen and oxygen atoms in total. The van der Waals surface area contributed by atoms with Gasteiger partial charge >= 0.3 is 6.16 Å². The summed E-state index contributed by atoms with van der Waals surface area (Å²) in [4.78, 5) is 8.56. The lowest BCUT2D eigenvalue weighted by molar-refractivity contribution is 0.137. The highest BCUT2D eigenvalue weighted by Gasteiger charge is 1.70. The Kier molecular flexibility index (Phi) is 0.581. The molecule has 0 aliphatic carbocycles. The summed E-state index contributed by atoms with van der Waals surface area (Å²) < 4.78 is 0. The number of rotatable bonds is 0. The molecule has 0 rings (SSSR count). The Hall–Kier alpha value is -0.730. The number of hydrogen-bond donors (Lipinski definition) is 2. The zero-order valence-corrected chi connectivity index (χ0v) is 1.80. The van der Waals surface area contributed by atoms with E-state index >= 15 is 0 Å². The zero-order chi connectivity index (χ0) is 3.58. The van der Waals surface area contributed by atoms with Crippen LogP contribution in [0.4, 0.5) is 4.79 Å². The fraction of sp³-hybridized carbons (Fsp3) is 0. The summed E-state index contributed by atoms with van der Waals surface area (Å²) in [7, 11) is 0. The minimum atomic E-state index is -1.83. The lowest BCUT2D eigenvalue weighted by Crippen LogP contribution is -1.81. The summed E-state index contributed by atoms with van der Waals surface area (Å²) in [5.74, 6) is 0. The number of hydrogen-bond acceptors (Lipinski definition) is 1. The third-order valence-electron chi connectivity index (χ3n) is 0. The van der Waals surface area contributed by atoms with Gasteiger partial charge in [-0.25, -0.2) is 4.79 Å².